The van der Waals surface area contributed by atoms with Gasteiger partial charge in [0.2, 0.25) is 0 Å². The Morgan fingerprint density at radius 3 is 2.55 bits per heavy atom. The topological polar surface area (TPSA) is 49.8 Å². The van der Waals surface area contributed by atoms with Crippen LogP contribution >= 0.6 is 15.9 Å². The number of aromatic nitrogens is 2. The zero-order valence-corrected chi connectivity index (χ0v) is 13.6. The third-order valence-electron chi connectivity index (χ3n) is 3.08. The van der Waals surface area contributed by atoms with Crippen molar-refractivity contribution in [1.29, 1.82) is 0 Å². The molecule has 0 unspecified atom stereocenters. The Hall–Kier alpha value is -1.62. The number of hydrogen-bond acceptors (Lipinski definition) is 4. The third-order valence-corrected chi connectivity index (χ3v) is 3.58. The first-order valence-corrected chi connectivity index (χ1v) is 7.55. The first-order valence-electron chi connectivity index (χ1n) is 6.76. The van der Waals surface area contributed by atoms with Gasteiger partial charge in [-0.25, -0.2) is 9.97 Å². The summed E-state index contributed by atoms with van der Waals surface area (Å²) in [4.78, 5) is 8.69. The molecule has 0 saturated carbocycles. The Labute approximate surface area is 128 Å². The minimum atomic E-state index is 0.848. The molecule has 2 aromatic rings. The van der Waals surface area contributed by atoms with Gasteiger partial charge in [-0.15, -0.1) is 0 Å². The van der Waals surface area contributed by atoms with E-state index < -0.39 is 0 Å². The lowest BCUT2D eigenvalue weighted by atomic mass is 10.1. The molecule has 20 heavy (non-hydrogen) atoms. The maximum absolute atomic E-state index is 4.38. The number of nitrogens with one attached hydrogen (secondary N) is 2. The maximum Gasteiger partial charge on any atom is 0.139 e. The predicted octanol–water partition coefficient (Wildman–Crippen LogP) is 4.29. The van der Waals surface area contributed by atoms with E-state index in [1.807, 2.05) is 12.1 Å². The van der Waals surface area contributed by atoms with Crippen LogP contribution in [0.1, 0.15) is 25.0 Å². The van der Waals surface area contributed by atoms with Crippen LogP contribution in [0.2, 0.25) is 0 Å². The summed E-state index contributed by atoms with van der Waals surface area (Å²) in [5, 5.41) is 6.68. The number of hydrogen-bond donors (Lipinski definition) is 2. The van der Waals surface area contributed by atoms with Crippen molar-refractivity contribution >= 4 is 33.3 Å². The van der Waals surface area contributed by atoms with E-state index in [1.165, 1.54) is 5.56 Å². The highest BCUT2D eigenvalue weighted by atomic mass is 79.9. The molecule has 1 aromatic heterocycles. The Bertz CT molecular complexity index is 598. The van der Waals surface area contributed by atoms with Crippen molar-refractivity contribution in [3.05, 3.63) is 40.1 Å². The molecule has 0 fully saturated rings. The molecule has 5 heteroatoms. The van der Waals surface area contributed by atoms with Gasteiger partial charge in [0.05, 0.1) is 0 Å². The lowest BCUT2D eigenvalue weighted by Crippen LogP contribution is -2.07. The summed E-state index contributed by atoms with van der Waals surface area (Å²) in [5.41, 5.74) is 3.34. The van der Waals surface area contributed by atoms with Gasteiger partial charge in [-0.2, -0.15) is 0 Å². The molecule has 0 aliphatic carbocycles. The quantitative estimate of drug-likeness (QED) is 0.856. The van der Waals surface area contributed by atoms with Gasteiger partial charge in [-0.05, 0) is 44.0 Å². The van der Waals surface area contributed by atoms with Crippen LogP contribution in [-0.2, 0) is 6.42 Å². The Balaban J connectivity index is 2.35. The summed E-state index contributed by atoms with van der Waals surface area (Å²) in [6.07, 6.45) is 2.47. The highest BCUT2D eigenvalue weighted by Gasteiger charge is 2.10. The van der Waals surface area contributed by atoms with E-state index in [4.69, 9.17) is 0 Å². The van der Waals surface area contributed by atoms with Gasteiger partial charge >= 0.3 is 0 Å². The molecule has 0 atom stereocenters. The highest BCUT2D eigenvalue weighted by Crippen LogP contribution is 2.27. The average Bonchev–Trinajstić information content (AvgIpc) is 2.42. The number of aryl methyl sites for hydroxylation is 1. The van der Waals surface area contributed by atoms with Gasteiger partial charge < -0.3 is 10.6 Å². The molecule has 4 nitrogen and oxygen atoms in total. The summed E-state index contributed by atoms with van der Waals surface area (Å²) in [6.45, 7) is 7.10. The lowest BCUT2D eigenvalue weighted by Gasteiger charge is -2.15. The molecule has 0 amide bonds. The molecule has 0 bridgehead atoms. The van der Waals surface area contributed by atoms with Crippen molar-refractivity contribution in [2.24, 2.45) is 0 Å². The van der Waals surface area contributed by atoms with E-state index in [9.17, 15) is 0 Å². The fourth-order valence-corrected chi connectivity index (χ4v) is 2.55. The standard InChI is InChI=1S/C15H19BrN4/c1-4-12-14(17-5-2)18-9-19-15(12)20-13-7-6-11(16)8-10(13)3/h6-9H,4-5H2,1-3H3,(H2,17,18,19,20). The van der Waals surface area contributed by atoms with Crippen molar-refractivity contribution in [3.8, 4) is 0 Å². The van der Waals surface area contributed by atoms with E-state index in [2.05, 4.69) is 63.4 Å². The Morgan fingerprint density at radius 2 is 1.90 bits per heavy atom. The summed E-state index contributed by atoms with van der Waals surface area (Å²) in [7, 11) is 0. The second-order valence-corrected chi connectivity index (χ2v) is 5.43. The van der Waals surface area contributed by atoms with E-state index >= 15 is 0 Å². The molecule has 2 rings (SSSR count). The summed E-state index contributed by atoms with van der Waals surface area (Å²) >= 11 is 3.48. The fraction of sp³-hybridized carbons (Fsp3) is 0.333. The third kappa shape index (κ3) is 3.28. The average molecular weight is 335 g/mol. The SMILES string of the molecule is CCNc1ncnc(Nc2ccc(Br)cc2C)c1CC. The maximum atomic E-state index is 4.38. The van der Waals surface area contributed by atoms with Crippen LogP contribution in [-0.4, -0.2) is 16.5 Å². The molecule has 0 aliphatic rings. The molecular formula is C15H19BrN4. The van der Waals surface area contributed by atoms with Gasteiger partial charge in [0.25, 0.3) is 0 Å². The minimum absolute atomic E-state index is 0.848. The number of nitrogens with zero attached hydrogens (tertiary/aromatic N) is 2. The van der Waals surface area contributed by atoms with E-state index in [-0.39, 0.29) is 0 Å². The number of halogens is 1. The minimum Gasteiger partial charge on any atom is -0.370 e. The molecule has 0 radical (unpaired) electrons. The van der Waals surface area contributed by atoms with Gasteiger partial charge in [0.15, 0.2) is 0 Å². The predicted molar refractivity (Wildman–Crippen MR) is 87.7 cm³/mol. The molecule has 0 saturated heterocycles. The zero-order chi connectivity index (χ0) is 14.5. The van der Waals surface area contributed by atoms with Crippen LogP contribution < -0.4 is 10.6 Å². The number of benzene rings is 1. The van der Waals surface area contributed by atoms with Gasteiger partial charge in [-0.1, -0.05) is 22.9 Å². The first kappa shape index (κ1) is 14.8. The van der Waals surface area contributed by atoms with Crippen molar-refractivity contribution in [3.63, 3.8) is 0 Å². The van der Waals surface area contributed by atoms with E-state index in [1.54, 1.807) is 6.33 Å². The molecule has 2 N–H and O–H groups in total. The first-order chi connectivity index (χ1) is 9.65. The zero-order valence-electron chi connectivity index (χ0n) is 12.0. The van der Waals surface area contributed by atoms with Crippen molar-refractivity contribution < 1.29 is 0 Å². The largest absolute Gasteiger partial charge is 0.370 e. The number of anilines is 3. The van der Waals surface area contributed by atoms with Crippen LogP contribution in [0.5, 0.6) is 0 Å². The smallest absolute Gasteiger partial charge is 0.139 e. The van der Waals surface area contributed by atoms with Gasteiger partial charge in [0.1, 0.15) is 18.0 Å². The van der Waals surface area contributed by atoms with Crippen LogP contribution in [0.25, 0.3) is 0 Å². The molecule has 106 valence electrons. The molecule has 1 aromatic carbocycles. The second kappa shape index (κ2) is 6.70. The Kier molecular flexibility index (Phi) is 4.95. The van der Waals surface area contributed by atoms with Crippen molar-refractivity contribution in [2.75, 3.05) is 17.2 Å². The fourth-order valence-electron chi connectivity index (χ4n) is 2.07. The monoisotopic (exact) mass is 334 g/mol. The van der Waals surface area contributed by atoms with E-state index in [0.717, 1.165) is 40.3 Å². The van der Waals surface area contributed by atoms with Gasteiger partial charge in [0, 0.05) is 22.3 Å². The van der Waals surface area contributed by atoms with Crippen LogP contribution in [0.3, 0.4) is 0 Å². The van der Waals surface area contributed by atoms with E-state index in [0.29, 0.717) is 0 Å². The normalized spacial score (nSPS) is 10.4. The summed E-state index contributed by atoms with van der Waals surface area (Å²) in [5.74, 6) is 1.77. The second-order valence-electron chi connectivity index (χ2n) is 4.52. The number of rotatable bonds is 5. The van der Waals surface area contributed by atoms with Crippen molar-refractivity contribution in [2.45, 2.75) is 27.2 Å². The summed E-state index contributed by atoms with van der Waals surface area (Å²) in [6, 6.07) is 6.15. The van der Waals surface area contributed by atoms with Gasteiger partial charge in [-0.3, -0.25) is 0 Å². The van der Waals surface area contributed by atoms with Crippen LogP contribution in [0.4, 0.5) is 17.3 Å². The van der Waals surface area contributed by atoms with Crippen molar-refractivity contribution in [1.82, 2.24) is 9.97 Å². The molecule has 1 heterocycles. The van der Waals surface area contributed by atoms with Crippen LogP contribution in [0, 0.1) is 6.92 Å². The van der Waals surface area contributed by atoms with Crippen LogP contribution in [0.15, 0.2) is 29.0 Å². The Morgan fingerprint density at radius 1 is 1.15 bits per heavy atom. The highest BCUT2D eigenvalue weighted by molar-refractivity contribution is 9.10. The molecule has 0 aliphatic heterocycles. The lowest BCUT2D eigenvalue weighted by molar-refractivity contribution is 1.03. The molecular weight excluding hydrogens is 316 g/mol. The summed E-state index contributed by atoms with van der Waals surface area (Å²) < 4.78 is 1.08. The molecule has 0 spiro atoms.